The molecule has 1 aliphatic heterocycles. The Labute approximate surface area is 116 Å². The molecule has 7 heteroatoms. The highest BCUT2D eigenvalue weighted by atomic mass is 19.1. The predicted octanol–water partition coefficient (Wildman–Crippen LogP) is -0.551. The molecule has 1 atom stereocenters. The first-order valence-electron chi connectivity index (χ1n) is 6.33. The monoisotopic (exact) mass is 280 g/mol. The summed E-state index contributed by atoms with van der Waals surface area (Å²) in [6, 6.07) is 3.78. The van der Waals surface area contributed by atoms with Crippen LogP contribution >= 0.6 is 0 Å². The number of anilines is 1. The molecule has 0 radical (unpaired) electrons. The maximum Gasteiger partial charge on any atom is 0.253 e. The molecule has 0 bridgehead atoms. The second-order valence-corrected chi connectivity index (χ2v) is 4.53. The van der Waals surface area contributed by atoms with Crippen molar-refractivity contribution in [2.75, 3.05) is 31.6 Å². The van der Waals surface area contributed by atoms with Gasteiger partial charge in [-0.1, -0.05) is 6.07 Å². The molecule has 0 aliphatic carbocycles. The maximum absolute atomic E-state index is 13.8. The van der Waals surface area contributed by atoms with Crippen LogP contribution in [-0.4, -0.2) is 44.5 Å². The average Bonchev–Trinajstić information content (AvgIpc) is 2.45. The third kappa shape index (κ3) is 2.57. The van der Waals surface area contributed by atoms with Gasteiger partial charge in [0.25, 0.3) is 5.91 Å². The third-order valence-corrected chi connectivity index (χ3v) is 3.34. The van der Waals surface area contributed by atoms with Crippen molar-refractivity contribution in [1.29, 1.82) is 0 Å². The summed E-state index contributed by atoms with van der Waals surface area (Å²) >= 11 is 0. The zero-order valence-electron chi connectivity index (χ0n) is 11.1. The molecule has 1 aliphatic rings. The van der Waals surface area contributed by atoms with Crippen LogP contribution in [0.1, 0.15) is 10.4 Å². The number of piperazine rings is 1. The summed E-state index contributed by atoms with van der Waals surface area (Å²) < 4.78 is 13.8. The number of nitrogens with one attached hydrogen (secondary N) is 2. The lowest BCUT2D eigenvalue weighted by molar-refractivity contribution is -0.122. The Bertz CT molecular complexity index is 535. The molecule has 108 valence electrons. The van der Waals surface area contributed by atoms with E-state index in [1.54, 1.807) is 11.0 Å². The van der Waals surface area contributed by atoms with Gasteiger partial charge in [-0.3, -0.25) is 9.59 Å². The molecule has 6 nitrogen and oxygen atoms in total. The van der Waals surface area contributed by atoms with Gasteiger partial charge in [0.1, 0.15) is 11.9 Å². The molecule has 20 heavy (non-hydrogen) atoms. The van der Waals surface area contributed by atoms with Crippen LogP contribution in [0.5, 0.6) is 0 Å². The van der Waals surface area contributed by atoms with E-state index in [2.05, 4.69) is 10.6 Å². The van der Waals surface area contributed by atoms with Crippen LogP contribution in [0.4, 0.5) is 10.1 Å². The molecule has 1 heterocycles. The summed E-state index contributed by atoms with van der Waals surface area (Å²) in [5.74, 6) is -1.71. The molecule has 1 unspecified atom stereocenters. The largest absolute Gasteiger partial charge is 0.365 e. The Kier molecular flexibility index (Phi) is 4.19. The number of primary amides is 1. The van der Waals surface area contributed by atoms with Crippen LogP contribution in [0.2, 0.25) is 0 Å². The lowest BCUT2D eigenvalue weighted by Gasteiger charge is -2.37. The predicted molar refractivity (Wildman–Crippen MR) is 73.0 cm³/mol. The summed E-state index contributed by atoms with van der Waals surface area (Å²) in [7, 11) is 1.54. The smallest absolute Gasteiger partial charge is 0.253 e. The van der Waals surface area contributed by atoms with Crippen molar-refractivity contribution in [2.24, 2.45) is 5.73 Å². The van der Waals surface area contributed by atoms with Gasteiger partial charge in [-0.2, -0.15) is 0 Å². The van der Waals surface area contributed by atoms with Crippen molar-refractivity contribution >= 4 is 17.5 Å². The fraction of sp³-hybridized carbons (Fsp3) is 0.385. The lowest BCUT2D eigenvalue weighted by atomic mass is 10.1. The summed E-state index contributed by atoms with van der Waals surface area (Å²) in [5, 5.41) is 5.67. The number of hydrogen-bond donors (Lipinski definition) is 3. The first kappa shape index (κ1) is 14.3. The Morgan fingerprint density at radius 3 is 2.90 bits per heavy atom. The number of hydrogen-bond acceptors (Lipinski definition) is 4. The van der Waals surface area contributed by atoms with Crippen molar-refractivity contribution in [2.45, 2.75) is 6.04 Å². The molecule has 1 aromatic rings. The van der Waals surface area contributed by atoms with E-state index in [1.165, 1.54) is 19.2 Å². The van der Waals surface area contributed by atoms with Gasteiger partial charge < -0.3 is 21.3 Å². The Morgan fingerprint density at radius 2 is 2.25 bits per heavy atom. The first-order chi connectivity index (χ1) is 9.56. The van der Waals surface area contributed by atoms with Crippen molar-refractivity contribution in [3.05, 3.63) is 29.6 Å². The van der Waals surface area contributed by atoms with Gasteiger partial charge in [0, 0.05) is 26.7 Å². The Balaban J connectivity index is 2.45. The molecule has 0 spiro atoms. The minimum absolute atomic E-state index is 0.177. The van der Waals surface area contributed by atoms with Gasteiger partial charge in [0.05, 0.1) is 11.3 Å². The number of amides is 2. The molecule has 1 fully saturated rings. The zero-order chi connectivity index (χ0) is 14.7. The normalized spacial score (nSPS) is 18.7. The minimum Gasteiger partial charge on any atom is -0.365 e. The Morgan fingerprint density at radius 1 is 1.50 bits per heavy atom. The number of carbonyl (C=O) groups is 2. The number of halogens is 1. The number of nitrogens with two attached hydrogens (primary N) is 1. The fourth-order valence-corrected chi connectivity index (χ4v) is 2.39. The van der Waals surface area contributed by atoms with Crippen LogP contribution in [0.3, 0.4) is 0 Å². The highest BCUT2D eigenvalue weighted by Gasteiger charge is 2.31. The number of benzene rings is 1. The maximum atomic E-state index is 13.8. The van der Waals surface area contributed by atoms with Gasteiger partial charge >= 0.3 is 0 Å². The Hall–Kier alpha value is -2.15. The zero-order valence-corrected chi connectivity index (χ0v) is 11.1. The first-order valence-corrected chi connectivity index (χ1v) is 6.33. The quantitative estimate of drug-likeness (QED) is 0.693. The van der Waals surface area contributed by atoms with Gasteiger partial charge in [0.15, 0.2) is 0 Å². The van der Waals surface area contributed by atoms with E-state index in [0.717, 1.165) is 0 Å². The van der Waals surface area contributed by atoms with Crippen LogP contribution in [0, 0.1) is 5.82 Å². The minimum atomic E-state index is -0.840. The van der Waals surface area contributed by atoms with Crippen molar-refractivity contribution in [3.8, 4) is 0 Å². The third-order valence-electron chi connectivity index (χ3n) is 3.34. The SMILES string of the molecule is CNC(=O)C1CNCCN1c1cccc(F)c1C(N)=O. The van der Waals surface area contributed by atoms with E-state index < -0.39 is 17.8 Å². The molecule has 4 N–H and O–H groups in total. The van der Waals surface area contributed by atoms with Crippen molar-refractivity contribution in [3.63, 3.8) is 0 Å². The van der Waals surface area contributed by atoms with Crippen LogP contribution in [-0.2, 0) is 4.79 Å². The van der Waals surface area contributed by atoms with Crippen LogP contribution < -0.4 is 21.3 Å². The highest BCUT2D eigenvalue weighted by Crippen LogP contribution is 2.25. The van der Waals surface area contributed by atoms with Gasteiger partial charge in [-0.25, -0.2) is 4.39 Å². The van der Waals surface area contributed by atoms with Crippen LogP contribution in [0.25, 0.3) is 0 Å². The second-order valence-electron chi connectivity index (χ2n) is 4.53. The highest BCUT2D eigenvalue weighted by molar-refractivity contribution is 6.00. The number of carbonyl (C=O) groups excluding carboxylic acids is 2. The van der Waals surface area contributed by atoms with Crippen LogP contribution in [0.15, 0.2) is 18.2 Å². The molecular weight excluding hydrogens is 263 g/mol. The van der Waals surface area contributed by atoms with Gasteiger partial charge in [-0.15, -0.1) is 0 Å². The fourth-order valence-electron chi connectivity index (χ4n) is 2.39. The summed E-state index contributed by atoms with van der Waals surface area (Å²) in [6.45, 7) is 1.55. The van der Waals surface area contributed by atoms with Gasteiger partial charge in [0.2, 0.25) is 5.91 Å². The topological polar surface area (TPSA) is 87.5 Å². The number of rotatable bonds is 3. The second kappa shape index (κ2) is 5.87. The lowest BCUT2D eigenvalue weighted by Crippen LogP contribution is -2.58. The molecule has 0 saturated carbocycles. The summed E-state index contributed by atoms with van der Waals surface area (Å²) in [5.41, 5.74) is 5.43. The van der Waals surface area contributed by atoms with E-state index in [4.69, 9.17) is 5.73 Å². The summed E-state index contributed by atoms with van der Waals surface area (Å²) in [6.07, 6.45) is 0. The van der Waals surface area contributed by atoms with E-state index >= 15 is 0 Å². The van der Waals surface area contributed by atoms with E-state index in [-0.39, 0.29) is 11.5 Å². The molecule has 1 aromatic carbocycles. The van der Waals surface area contributed by atoms with E-state index in [1.807, 2.05) is 0 Å². The van der Waals surface area contributed by atoms with E-state index in [0.29, 0.717) is 25.3 Å². The van der Waals surface area contributed by atoms with Crippen molar-refractivity contribution in [1.82, 2.24) is 10.6 Å². The van der Waals surface area contributed by atoms with E-state index in [9.17, 15) is 14.0 Å². The number of likely N-dealkylation sites (N-methyl/N-ethyl adjacent to an activating group) is 1. The summed E-state index contributed by atoms with van der Waals surface area (Å²) in [4.78, 5) is 25.1. The van der Waals surface area contributed by atoms with Gasteiger partial charge in [-0.05, 0) is 12.1 Å². The molecule has 2 rings (SSSR count). The van der Waals surface area contributed by atoms with Crippen molar-refractivity contribution < 1.29 is 14.0 Å². The molecule has 0 aromatic heterocycles. The molecule has 2 amide bonds. The molecular formula is C13H17FN4O2. The number of nitrogens with zero attached hydrogens (tertiary/aromatic N) is 1. The average molecular weight is 280 g/mol. The standard InChI is InChI=1S/C13H17FN4O2/c1-16-13(20)10-7-17-5-6-18(10)9-4-2-3-8(14)11(9)12(15)19/h2-4,10,17H,5-7H2,1H3,(H2,15,19)(H,16,20). The molecule has 1 saturated heterocycles.